The van der Waals surface area contributed by atoms with Gasteiger partial charge in [0.2, 0.25) is 10.0 Å². The summed E-state index contributed by atoms with van der Waals surface area (Å²) in [5.41, 5.74) is 0. The lowest BCUT2D eigenvalue weighted by atomic mass is 10.5. The van der Waals surface area contributed by atoms with Crippen molar-refractivity contribution in [3.05, 3.63) is 0 Å². The summed E-state index contributed by atoms with van der Waals surface area (Å²) in [6.45, 7) is 0.677. The number of nitrogens with zero attached hydrogens (tertiary/aromatic N) is 1. The molecule has 0 atom stereocenters. The molecule has 0 saturated heterocycles. The van der Waals surface area contributed by atoms with Crippen LogP contribution < -0.4 is 0 Å². The number of carboxylic acids is 1. The highest BCUT2D eigenvalue weighted by molar-refractivity contribution is 7.89. The molecule has 0 spiro atoms. The van der Waals surface area contributed by atoms with Crippen molar-refractivity contribution in [1.82, 2.24) is 4.31 Å². The van der Waals surface area contributed by atoms with Crippen LogP contribution in [0.1, 0.15) is 13.3 Å². The molecule has 0 amide bonds. The van der Waals surface area contributed by atoms with Crippen LogP contribution in [-0.2, 0) is 24.3 Å². The average Bonchev–Trinajstić information content (AvgIpc) is 2.26. The normalized spacial score (nSPS) is 10.9. The predicted octanol–water partition coefficient (Wildman–Crippen LogP) is -0.711. The zero-order valence-electron chi connectivity index (χ0n) is 9.96. The van der Waals surface area contributed by atoms with Crippen LogP contribution in [0.4, 0.5) is 0 Å². The third-order valence-electron chi connectivity index (χ3n) is 1.84. The SMILES string of the molecule is C#CCN(CC(=O)O)S(=O)(=O)CCC(=O)OCC. The van der Waals surface area contributed by atoms with E-state index in [9.17, 15) is 18.0 Å². The van der Waals surface area contributed by atoms with Crippen LogP contribution in [0.5, 0.6) is 0 Å². The van der Waals surface area contributed by atoms with Gasteiger partial charge in [0.1, 0.15) is 6.54 Å². The molecule has 7 nitrogen and oxygen atoms in total. The van der Waals surface area contributed by atoms with Crippen LogP contribution in [0.2, 0.25) is 0 Å². The molecule has 8 heteroatoms. The summed E-state index contributed by atoms with van der Waals surface area (Å²) >= 11 is 0. The Kier molecular flexibility index (Phi) is 7.00. The Labute approximate surface area is 106 Å². The van der Waals surface area contributed by atoms with Crippen LogP contribution in [0.25, 0.3) is 0 Å². The van der Waals surface area contributed by atoms with Crippen molar-refractivity contribution in [3.63, 3.8) is 0 Å². The van der Waals surface area contributed by atoms with Gasteiger partial charge in [0.05, 0.1) is 25.3 Å². The summed E-state index contributed by atoms with van der Waals surface area (Å²) in [6.07, 6.45) is 4.63. The standard InChI is InChI=1S/C10H15NO6S/c1-3-6-11(8-9(12)13)18(15,16)7-5-10(14)17-4-2/h1H,4-8H2,2H3,(H,12,13). The topological polar surface area (TPSA) is 101 Å². The number of aliphatic carboxylic acids is 1. The van der Waals surface area contributed by atoms with Gasteiger partial charge >= 0.3 is 11.9 Å². The van der Waals surface area contributed by atoms with Gasteiger partial charge in [-0.2, -0.15) is 4.31 Å². The highest BCUT2D eigenvalue weighted by atomic mass is 32.2. The van der Waals surface area contributed by atoms with Crippen molar-refractivity contribution in [2.75, 3.05) is 25.4 Å². The Bertz CT molecular complexity index is 436. The lowest BCUT2D eigenvalue weighted by Crippen LogP contribution is -2.38. The van der Waals surface area contributed by atoms with Gasteiger partial charge in [-0.25, -0.2) is 8.42 Å². The minimum atomic E-state index is -3.88. The molecule has 0 heterocycles. The van der Waals surface area contributed by atoms with Gasteiger partial charge in [0, 0.05) is 0 Å². The van der Waals surface area contributed by atoms with E-state index in [4.69, 9.17) is 11.5 Å². The van der Waals surface area contributed by atoms with E-state index in [1.807, 2.05) is 0 Å². The second-order valence-electron chi connectivity index (χ2n) is 3.24. The Balaban J connectivity index is 4.61. The van der Waals surface area contributed by atoms with E-state index in [0.29, 0.717) is 4.31 Å². The van der Waals surface area contributed by atoms with Crippen molar-refractivity contribution < 1.29 is 27.9 Å². The Hall–Kier alpha value is -1.59. The van der Waals surface area contributed by atoms with Gasteiger partial charge in [-0.1, -0.05) is 5.92 Å². The van der Waals surface area contributed by atoms with Crippen LogP contribution in [0.3, 0.4) is 0 Å². The minimum absolute atomic E-state index is 0.155. The van der Waals surface area contributed by atoms with Gasteiger partial charge < -0.3 is 9.84 Å². The quantitative estimate of drug-likeness (QED) is 0.464. The Morgan fingerprint density at radius 2 is 2.06 bits per heavy atom. The molecule has 0 bridgehead atoms. The first-order chi connectivity index (χ1) is 8.33. The molecule has 0 aliphatic rings. The first kappa shape index (κ1) is 16.4. The molecular formula is C10H15NO6S. The molecule has 0 saturated carbocycles. The summed E-state index contributed by atoms with van der Waals surface area (Å²) in [4.78, 5) is 21.5. The molecule has 0 unspecified atom stereocenters. The van der Waals surface area contributed by atoms with E-state index in [1.54, 1.807) is 6.92 Å². The number of esters is 1. The second-order valence-corrected chi connectivity index (χ2v) is 5.33. The highest BCUT2D eigenvalue weighted by Gasteiger charge is 2.24. The number of ether oxygens (including phenoxy) is 1. The molecule has 0 aliphatic carbocycles. The summed E-state index contributed by atoms with van der Waals surface area (Å²) < 4.78 is 28.7. The maximum absolute atomic E-state index is 11.7. The summed E-state index contributed by atoms with van der Waals surface area (Å²) in [5.74, 6) is -0.438. The molecule has 0 aromatic carbocycles. The molecule has 0 aromatic heterocycles. The zero-order chi connectivity index (χ0) is 14.2. The van der Waals surface area contributed by atoms with E-state index in [0.717, 1.165) is 0 Å². The fourth-order valence-corrected chi connectivity index (χ4v) is 2.34. The monoisotopic (exact) mass is 277 g/mol. The predicted molar refractivity (Wildman–Crippen MR) is 63.1 cm³/mol. The summed E-state index contributed by atoms with van der Waals surface area (Å²) in [6, 6.07) is 0. The van der Waals surface area contributed by atoms with Crippen LogP contribution in [0.15, 0.2) is 0 Å². The van der Waals surface area contributed by atoms with E-state index in [2.05, 4.69) is 10.7 Å². The number of carbonyl (C=O) groups is 2. The first-order valence-corrected chi connectivity index (χ1v) is 6.73. The van der Waals surface area contributed by atoms with E-state index in [1.165, 1.54) is 0 Å². The number of sulfonamides is 1. The number of terminal acetylenes is 1. The van der Waals surface area contributed by atoms with Crippen LogP contribution >= 0.6 is 0 Å². The lowest BCUT2D eigenvalue weighted by molar-refractivity contribution is -0.142. The molecule has 0 aliphatic heterocycles. The molecular weight excluding hydrogens is 262 g/mol. The van der Waals surface area contributed by atoms with Crippen molar-refractivity contribution in [3.8, 4) is 12.3 Å². The lowest BCUT2D eigenvalue weighted by Gasteiger charge is -2.17. The Morgan fingerprint density at radius 1 is 1.44 bits per heavy atom. The average molecular weight is 277 g/mol. The van der Waals surface area contributed by atoms with Crippen LogP contribution in [-0.4, -0.2) is 55.2 Å². The zero-order valence-corrected chi connectivity index (χ0v) is 10.8. The van der Waals surface area contributed by atoms with Gasteiger partial charge in [-0.05, 0) is 6.92 Å². The fourth-order valence-electron chi connectivity index (χ4n) is 1.08. The maximum atomic E-state index is 11.7. The third-order valence-corrected chi connectivity index (χ3v) is 3.61. The number of rotatable bonds is 8. The largest absolute Gasteiger partial charge is 0.480 e. The van der Waals surface area contributed by atoms with Crippen molar-refractivity contribution in [1.29, 1.82) is 0 Å². The van der Waals surface area contributed by atoms with Gasteiger partial charge in [0.15, 0.2) is 0 Å². The van der Waals surface area contributed by atoms with Crippen LogP contribution in [0, 0.1) is 12.3 Å². The number of hydrogen-bond acceptors (Lipinski definition) is 5. The molecule has 102 valence electrons. The highest BCUT2D eigenvalue weighted by Crippen LogP contribution is 2.04. The second kappa shape index (κ2) is 7.68. The van der Waals surface area contributed by atoms with Crippen molar-refractivity contribution >= 4 is 22.0 Å². The smallest absolute Gasteiger partial charge is 0.318 e. The van der Waals surface area contributed by atoms with E-state index >= 15 is 0 Å². The van der Waals surface area contributed by atoms with Gasteiger partial charge in [0.25, 0.3) is 0 Å². The Morgan fingerprint density at radius 3 is 2.50 bits per heavy atom. The fraction of sp³-hybridized carbons (Fsp3) is 0.600. The van der Waals surface area contributed by atoms with E-state index < -0.39 is 34.3 Å². The number of carbonyl (C=O) groups excluding carboxylic acids is 1. The molecule has 0 aromatic rings. The maximum Gasteiger partial charge on any atom is 0.318 e. The van der Waals surface area contributed by atoms with Crippen molar-refractivity contribution in [2.45, 2.75) is 13.3 Å². The molecule has 18 heavy (non-hydrogen) atoms. The molecule has 0 rings (SSSR count). The van der Waals surface area contributed by atoms with Gasteiger partial charge in [-0.3, -0.25) is 9.59 Å². The minimum Gasteiger partial charge on any atom is -0.480 e. The van der Waals surface area contributed by atoms with E-state index in [-0.39, 0.29) is 19.6 Å². The number of hydrogen-bond donors (Lipinski definition) is 1. The summed E-state index contributed by atoms with van der Waals surface area (Å²) in [7, 11) is -3.88. The molecule has 1 N–H and O–H groups in total. The third kappa shape index (κ3) is 6.22. The summed E-state index contributed by atoms with van der Waals surface area (Å²) in [5, 5.41) is 8.57. The van der Waals surface area contributed by atoms with Crippen molar-refractivity contribution in [2.24, 2.45) is 0 Å². The van der Waals surface area contributed by atoms with Gasteiger partial charge in [-0.15, -0.1) is 6.42 Å². The molecule has 0 fully saturated rings. The number of carboxylic acid groups (broad SMARTS) is 1. The molecule has 0 radical (unpaired) electrons. The first-order valence-electron chi connectivity index (χ1n) is 5.12.